The zero-order valence-corrected chi connectivity index (χ0v) is 5.46. The van der Waals surface area contributed by atoms with Gasteiger partial charge in [0.05, 0.1) is 0 Å². The summed E-state index contributed by atoms with van der Waals surface area (Å²) >= 11 is 3.13. The van der Waals surface area contributed by atoms with Crippen LogP contribution < -0.4 is 5.43 Å². The molecule has 1 unspecified atom stereocenters. The lowest BCUT2D eigenvalue weighted by molar-refractivity contribution is 0.536. The maximum absolute atomic E-state index is 8.25. The van der Waals surface area contributed by atoms with E-state index < -0.39 is 0 Å². The number of nitrogens with one attached hydrogen (secondary N) is 1. The molecule has 1 aliphatic heterocycles. The molecule has 0 saturated carbocycles. The molecule has 1 atom stereocenters. The van der Waals surface area contributed by atoms with Crippen LogP contribution in [0.5, 0.6) is 0 Å². The highest BCUT2D eigenvalue weighted by Crippen LogP contribution is 2.03. The molecule has 0 aromatic rings. The molecule has 0 amide bonds. The first-order valence-electron chi connectivity index (χ1n) is 1.95. The van der Waals surface area contributed by atoms with Gasteiger partial charge in [0.1, 0.15) is 6.34 Å². The van der Waals surface area contributed by atoms with E-state index in [0.717, 1.165) is 0 Å². The molecular formula is C3H3BrN4. The van der Waals surface area contributed by atoms with Crippen LogP contribution in [-0.4, -0.2) is 16.3 Å². The minimum Gasteiger partial charge on any atom is -0.275 e. The van der Waals surface area contributed by atoms with Crippen LogP contribution in [0.2, 0.25) is 0 Å². The smallest absolute Gasteiger partial charge is 0.187 e. The molecule has 8 heavy (non-hydrogen) atoms. The van der Waals surface area contributed by atoms with Gasteiger partial charge in [0.25, 0.3) is 0 Å². The lowest BCUT2D eigenvalue weighted by atomic mass is 10.9. The van der Waals surface area contributed by atoms with Crippen LogP contribution >= 0.6 is 15.9 Å². The average molecular weight is 175 g/mol. The largest absolute Gasteiger partial charge is 0.275 e. The maximum Gasteiger partial charge on any atom is 0.187 e. The number of hydrazone groups is 1. The first-order chi connectivity index (χ1) is 3.84. The molecule has 0 radical (unpaired) electrons. The molecule has 0 fully saturated rings. The number of halogens is 1. The van der Waals surface area contributed by atoms with Gasteiger partial charge in [-0.05, 0) is 15.9 Å². The first-order valence-corrected chi connectivity index (χ1v) is 2.87. The average Bonchev–Trinajstić information content (AvgIpc) is 2.14. The number of nitriles is 1. The van der Waals surface area contributed by atoms with Gasteiger partial charge in [0.15, 0.2) is 11.3 Å². The fourth-order valence-corrected chi connectivity index (χ4v) is 0.670. The van der Waals surface area contributed by atoms with E-state index in [-0.39, 0.29) is 5.08 Å². The minimum atomic E-state index is -0.160. The fourth-order valence-electron chi connectivity index (χ4n) is 0.354. The number of hydrogen-bond acceptors (Lipinski definition) is 4. The predicted octanol–water partition coefficient (Wildman–Crippen LogP) is -0.00552. The Morgan fingerprint density at radius 1 is 2.00 bits per heavy atom. The Balaban J connectivity index is 2.57. The van der Waals surface area contributed by atoms with E-state index in [2.05, 4.69) is 26.5 Å². The summed E-state index contributed by atoms with van der Waals surface area (Å²) in [6, 6.07) is 0. The third kappa shape index (κ3) is 0.746. The van der Waals surface area contributed by atoms with E-state index in [1.165, 1.54) is 11.2 Å². The summed E-state index contributed by atoms with van der Waals surface area (Å²) in [6.45, 7) is 0. The zero-order chi connectivity index (χ0) is 5.98. The molecule has 0 spiro atoms. The van der Waals surface area contributed by atoms with Gasteiger partial charge < -0.3 is 0 Å². The minimum absolute atomic E-state index is 0.160. The molecule has 0 aliphatic carbocycles. The summed E-state index contributed by atoms with van der Waals surface area (Å²) in [5, 5.41) is 11.7. The standard InChI is InChI=1S/C3H3BrN4/c4-3-7-6-2-8(3)1-5/h2-3,7H. The van der Waals surface area contributed by atoms with E-state index in [1.54, 1.807) is 0 Å². The quantitative estimate of drug-likeness (QED) is 0.320. The molecule has 0 saturated heterocycles. The summed E-state index contributed by atoms with van der Waals surface area (Å²) in [5.74, 6) is 0. The van der Waals surface area contributed by atoms with E-state index in [4.69, 9.17) is 5.26 Å². The lowest BCUT2D eigenvalue weighted by Gasteiger charge is -2.05. The van der Waals surface area contributed by atoms with Crippen molar-refractivity contribution in [2.45, 2.75) is 5.08 Å². The van der Waals surface area contributed by atoms with E-state index in [0.29, 0.717) is 0 Å². The van der Waals surface area contributed by atoms with Crippen molar-refractivity contribution in [3.8, 4) is 6.19 Å². The van der Waals surface area contributed by atoms with Crippen LogP contribution in [0.4, 0.5) is 0 Å². The van der Waals surface area contributed by atoms with Crippen molar-refractivity contribution < 1.29 is 0 Å². The van der Waals surface area contributed by atoms with Crippen LogP contribution in [-0.2, 0) is 0 Å². The van der Waals surface area contributed by atoms with Gasteiger partial charge in [-0.1, -0.05) is 0 Å². The molecule has 1 aliphatic rings. The Kier molecular flexibility index (Phi) is 1.35. The molecule has 1 N–H and O–H groups in total. The Labute approximate surface area is 54.9 Å². The van der Waals surface area contributed by atoms with Gasteiger partial charge in [-0.25, -0.2) is 4.90 Å². The summed E-state index contributed by atoms with van der Waals surface area (Å²) in [5.41, 5.74) is 2.61. The highest BCUT2D eigenvalue weighted by atomic mass is 79.9. The van der Waals surface area contributed by atoms with Gasteiger partial charge in [0.2, 0.25) is 0 Å². The lowest BCUT2D eigenvalue weighted by Crippen LogP contribution is -2.26. The molecule has 0 aromatic carbocycles. The van der Waals surface area contributed by atoms with Gasteiger partial charge in [-0.15, -0.1) is 0 Å². The Bertz CT molecular complexity index is 148. The topological polar surface area (TPSA) is 51.4 Å². The molecule has 42 valence electrons. The molecule has 5 heteroatoms. The van der Waals surface area contributed by atoms with E-state index in [9.17, 15) is 0 Å². The highest BCUT2D eigenvalue weighted by Gasteiger charge is 2.13. The van der Waals surface area contributed by atoms with Gasteiger partial charge >= 0.3 is 0 Å². The van der Waals surface area contributed by atoms with Crippen molar-refractivity contribution in [1.82, 2.24) is 10.3 Å². The van der Waals surface area contributed by atoms with E-state index >= 15 is 0 Å². The third-order valence-electron chi connectivity index (χ3n) is 0.723. The monoisotopic (exact) mass is 174 g/mol. The number of hydrogen-bond donors (Lipinski definition) is 1. The summed E-state index contributed by atoms with van der Waals surface area (Å²) in [6.07, 6.45) is 3.30. The van der Waals surface area contributed by atoms with Gasteiger partial charge in [-0.3, -0.25) is 5.43 Å². The van der Waals surface area contributed by atoms with Crippen molar-refractivity contribution in [3.05, 3.63) is 0 Å². The summed E-state index contributed by atoms with van der Waals surface area (Å²) in [7, 11) is 0. The van der Waals surface area contributed by atoms with Crippen molar-refractivity contribution in [1.29, 1.82) is 5.26 Å². The SMILES string of the molecule is N#CN1C=NNC1Br. The zero-order valence-electron chi connectivity index (χ0n) is 3.87. The van der Waals surface area contributed by atoms with Crippen LogP contribution in [0.1, 0.15) is 0 Å². The van der Waals surface area contributed by atoms with Gasteiger partial charge in [-0.2, -0.15) is 10.4 Å². The van der Waals surface area contributed by atoms with Crippen molar-refractivity contribution in [3.63, 3.8) is 0 Å². The molecule has 1 heterocycles. The van der Waals surface area contributed by atoms with Gasteiger partial charge in [0, 0.05) is 0 Å². The van der Waals surface area contributed by atoms with Crippen LogP contribution in [0, 0.1) is 11.5 Å². The second-order valence-electron chi connectivity index (χ2n) is 1.22. The highest BCUT2D eigenvalue weighted by molar-refractivity contribution is 9.09. The molecular weight excluding hydrogens is 172 g/mol. The molecule has 0 bridgehead atoms. The third-order valence-corrected chi connectivity index (χ3v) is 1.37. The Morgan fingerprint density at radius 2 is 2.75 bits per heavy atom. The van der Waals surface area contributed by atoms with E-state index in [1.807, 2.05) is 6.19 Å². The predicted molar refractivity (Wildman–Crippen MR) is 31.8 cm³/mol. The first kappa shape index (κ1) is 5.38. The van der Waals surface area contributed by atoms with Crippen LogP contribution in [0.3, 0.4) is 0 Å². The maximum atomic E-state index is 8.25. The Morgan fingerprint density at radius 3 is 3.00 bits per heavy atom. The molecule has 1 rings (SSSR count). The van der Waals surface area contributed by atoms with Crippen molar-refractivity contribution in [2.75, 3.05) is 0 Å². The second kappa shape index (κ2) is 2.01. The van der Waals surface area contributed by atoms with Crippen LogP contribution in [0.25, 0.3) is 0 Å². The number of nitrogens with zero attached hydrogens (tertiary/aromatic N) is 3. The number of alkyl halides is 1. The summed E-state index contributed by atoms with van der Waals surface area (Å²) in [4.78, 5) is 1.35. The number of rotatable bonds is 0. The Hall–Kier alpha value is -0.760. The molecule has 0 aromatic heterocycles. The second-order valence-corrected chi connectivity index (χ2v) is 2.08. The fraction of sp³-hybridized carbons (Fsp3) is 0.333. The van der Waals surface area contributed by atoms with Crippen molar-refractivity contribution in [2.24, 2.45) is 5.10 Å². The van der Waals surface area contributed by atoms with Crippen molar-refractivity contribution >= 4 is 22.3 Å². The van der Waals surface area contributed by atoms with Crippen LogP contribution in [0.15, 0.2) is 5.10 Å². The molecule has 4 nitrogen and oxygen atoms in total. The summed E-state index contributed by atoms with van der Waals surface area (Å²) < 4.78 is 0. The normalized spacial score (nSPS) is 25.0.